The van der Waals surface area contributed by atoms with Crippen molar-refractivity contribution in [2.24, 2.45) is 0 Å². The quantitative estimate of drug-likeness (QED) is 0.842. The second-order valence-electron chi connectivity index (χ2n) is 5.53. The third kappa shape index (κ3) is 4.96. The normalized spacial score (nSPS) is 10.9. The maximum atomic E-state index is 11.7. The molecule has 1 N–H and O–H groups in total. The Morgan fingerprint density at radius 2 is 2.18 bits per heavy atom. The summed E-state index contributed by atoms with van der Waals surface area (Å²) in [5.41, 5.74) is 2.06. The summed E-state index contributed by atoms with van der Waals surface area (Å²) in [6.45, 7) is 3.48. The van der Waals surface area contributed by atoms with E-state index in [4.69, 9.17) is 4.52 Å². The standard InChI is InChI=1S/C16H22N4O2/c1-12-5-4-6-13(11-12)16-18-15(22-19-16)8-7-14(21)17-9-10-20(2)3/h4-6,11H,7-10H2,1-3H3,(H,17,21). The van der Waals surface area contributed by atoms with Crippen molar-refractivity contribution >= 4 is 5.91 Å². The van der Waals surface area contributed by atoms with Crippen LogP contribution in [0.25, 0.3) is 11.4 Å². The van der Waals surface area contributed by atoms with Gasteiger partial charge in [-0.3, -0.25) is 4.79 Å². The summed E-state index contributed by atoms with van der Waals surface area (Å²) in [5.74, 6) is 1.04. The van der Waals surface area contributed by atoms with E-state index >= 15 is 0 Å². The van der Waals surface area contributed by atoms with Gasteiger partial charge in [0.25, 0.3) is 0 Å². The zero-order valence-electron chi connectivity index (χ0n) is 13.3. The van der Waals surface area contributed by atoms with Crippen LogP contribution in [0, 0.1) is 6.92 Å². The Hall–Kier alpha value is -2.21. The van der Waals surface area contributed by atoms with E-state index in [1.54, 1.807) is 0 Å². The molecule has 2 aromatic rings. The first kappa shape index (κ1) is 16.2. The number of likely N-dealkylation sites (N-methyl/N-ethyl adjacent to an activating group) is 1. The minimum absolute atomic E-state index is 0.00263. The average Bonchev–Trinajstić information content (AvgIpc) is 2.93. The van der Waals surface area contributed by atoms with Gasteiger partial charge in [-0.15, -0.1) is 0 Å². The Bertz CT molecular complexity index is 622. The summed E-state index contributed by atoms with van der Waals surface area (Å²) in [4.78, 5) is 18.1. The minimum atomic E-state index is -0.00263. The molecule has 0 spiro atoms. The van der Waals surface area contributed by atoms with Crippen molar-refractivity contribution in [3.05, 3.63) is 35.7 Å². The molecule has 0 aliphatic rings. The number of amides is 1. The lowest BCUT2D eigenvalue weighted by Gasteiger charge is -2.09. The summed E-state index contributed by atoms with van der Waals surface area (Å²) < 4.78 is 5.20. The Labute approximate surface area is 130 Å². The van der Waals surface area contributed by atoms with Crippen LogP contribution >= 0.6 is 0 Å². The number of aryl methyl sites for hydroxylation is 2. The fourth-order valence-corrected chi connectivity index (χ4v) is 1.99. The van der Waals surface area contributed by atoms with Gasteiger partial charge in [-0.25, -0.2) is 0 Å². The van der Waals surface area contributed by atoms with Gasteiger partial charge in [0.15, 0.2) is 0 Å². The number of nitrogens with zero attached hydrogens (tertiary/aromatic N) is 3. The third-order valence-electron chi connectivity index (χ3n) is 3.19. The smallest absolute Gasteiger partial charge is 0.227 e. The van der Waals surface area contributed by atoms with Gasteiger partial charge < -0.3 is 14.7 Å². The van der Waals surface area contributed by atoms with Crippen LogP contribution in [0.3, 0.4) is 0 Å². The van der Waals surface area contributed by atoms with E-state index in [1.807, 2.05) is 50.2 Å². The molecule has 0 atom stereocenters. The lowest BCUT2D eigenvalue weighted by Crippen LogP contribution is -2.31. The number of rotatable bonds is 7. The van der Waals surface area contributed by atoms with E-state index in [2.05, 4.69) is 15.5 Å². The van der Waals surface area contributed by atoms with Crippen LogP contribution in [0.1, 0.15) is 17.9 Å². The highest BCUT2D eigenvalue weighted by molar-refractivity contribution is 5.76. The topological polar surface area (TPSA) is 71.3 Å². The van der Waals surface area contributed by atoms with Gasteiger partial charge in [0, 0.05) is 31.5 Å². The van der Waals surface area contributed by atoms with Crippen molar-refractivity contribution in [1.29, 1.82) is 0 Å². The van der Waals surface area contributed by atoms with Crippen LogP contribution in [-0.4, -0.2) is 48.1 Å². The highest BCUT2D eigenvalue weighted by atomic mass is 16.5. The first-order chi connectivity index (χ1) is 10.5. The Morgan fingerprint density at radius 1 is 1.36 bits per heavy atom. The molecule has 0 aliphatic heterocycles. The van der Waals surface area contributed by atoms with E-state index in [-0.39, 0.29) is 5.91 Å². The van der Waals surface area contributed by atoms with E-state index in [1.165, 1.54) is 0 Å². The van der Waals surface area contributed by atoms with Crippen molar-refractivity contribution in [2.75, 3.05) is 27.2 Å². The molecule has 0 bridgehead atoms. The summed E-state index contributed by atoms with van der Waals surface area (Å²) in [6, 6.07) is 7.92. The Kier molecular flexibility index (Phi) is 5.66. The molecule has 1 aromatic heterocycles. The molecule has 0 saturated carbocycles. The van der Waals surface area contributed by atoms with Crippen molar-refractivity contribution in [3.63, 3.8) is 0 Å². The monoisotopic (exact) mass is 302 g/mol. The molecular weight excluding hydrogens is 280 g/mol. The zero-order chi connectivity index (χ0) is 15.9. The van der Waals surface area contributed by atoms with E-state index in [9.17, 15) is 4.79 Å². The van der Waals surface area contributed by atoms with Crippen LogP contribution in [0.2, 0.25) is 0 Å². The number of hydrogen-bond donors (Lipinski definition) is 1. The van der Waals surface area contributed by atoms with Gasteiger partial charge in [0.2, 0.25) is 17.6 Å². The van der Waals surface area contributed by atoms with Crippen molar-refractivity contribution in [1.82, 2.24) is 20.4 Å². The molecule has 1 amide bonds. The van der Waals surface area contributed by atoms with Gasteiger partial charge >= 0.3 is 0 Å². The molecule has 1 heterocycles. The third-order valence-corrected chi connectivity index (χ3v) is 3.19. The first-order valence-electron chi connectivity index (χ1n) is 7.35. The fourth-order valence-electron chi connectivity index (χ4n) is 1.99. The van der Waals surface area contributed by atoms with Crippen molar-refractivity contribution in [2.45, 2.75) is 19.8 Å². The molecule has 0 radical (unpaired) electrons. The van der Waals surface area contributed by atoms with Crippen LogP contribution in [0.4, 0.5) is 0 Å². The molecule has 6 heteroatoms. The van der Waals surface area contributed by atoms with Crippen LogP contribution in [-0.2, 0) is 11.2 Å². The van der Waals surface area contributed by atoms with Crippen LogP contribution in [0.5, 0.6) is 0 Å². The van der Waals surface area contributed by atoms with E-state index in [0.29, 0.717) is 31.1 Å². The highest BCUT2D eigenvalue weighted by Crippen LogP contribution is 2.17. The zero-order valence-corrected chi connectivity index (χ0v) is 13.3. The molecule has 2 rings (SSSR count). The average molecular weight is 302 g/mol. The number of aromatic nitrogens is 2. The number of benzene rings is 1. The summed E-state index contributed by atoms with van der Waals surface area (Å²) in [7, 11) is 3.94. The second-order valence-corrected chi connectivity index (χ2v) is 5.53. The molecule has 6 nitrogen and oxygen atoms in total. The lowest BCUT2D eigenvalue weighted by atomic mass is 10.1. The van der Waals surface area contributed by atoms with Crippen molar-refractivity contribution < 1.29 is 9.32 Å². The molecule has 22 heavy (non-hydrogen) atoms. The first-order valence-corrected chi connectivity index (χ1v) is 7.35. The predicted octanol–water partition coefficient (Wildman–Crippen LogP) is 1.66. The SMILES string of the molecule is Cc1cccc(-c2noc(CCC(=O)NCCN(C)C)n2)c1. The number of nitrogens with one attached hydrogen (secondary N) is 1. The molecular formula is C16H22N4O2. The van der Waals surface area contributed by atoms with Crippen molar-refractivity contribution in [3.8, 4) is 11.4 Å². The predicted molar refractivity (Wildman–Crippen MR) is 84.4 cm³/mol. The number of hydrogen-bond acceptors (Lipinski definition) is 5. The van der Waals surface area contributed by atoms with Gasteiger partial charge in [-0.05, 0) is 27.1 Å². The summed E-state index contributed by atoms with van der Waals surface area (Å²) >= 11 is 0. The Balaban J connectivity index is 1.83. The fraction of sp³-hybridized carbons (Fsp3) is 0.438. The van der Waals surface area contributed by atoms with Gasteiger partial charge in [-0.1, -0.05) is 28.9 Å². The highest BCUT2D eigenvalue weighted by Gasteiger charge is 2.10. The summed E-state index contributed by atoms with van der Waals surface area (Å²) in [5, 5.41) is 6.83. The molecule has 0 saturated heterocycles. The van der Waals surface area contributed by atoms with E-state index in [0.717, 1.165) is 17.7 Å². The van der Waals surface area contributed by atoms with Crippen LogP contribution in [0.15, 0.2) is 28.8 Å². The molecule has 1 aromatic carbocycles. The summed E-state index contributed by atoms with van der Waals surface area (Å²) in [6.07, 6.45) is 0.801. The van der Waals surface area contributed by atoms with E-state index < -0.39 is 0 Å². The molecule has 0 unspecified atom stereocenters. The minimum Gasteiger partial charge on any atom is -0.355 e. The molecule has 0 aliphatic carbocycles. The Morgan fingerprint density at radius 3 is 2.91 bits per heavy atom. The molecule has 0 fully saturated rings. The second kappa shape index (κ2) is 7.70. The van der Waals surface area contributed by atoms with Gasteiger partial charge in [0.1, 0.15) is 0 Å². The number of carbonyl (C=O) groups excluding carboxylic acids is 1. The largest absolute Gasteiger partial charge is 0.355 e. The number of carbonyl (C=O) groups is 1. The van der Waals surface area contributed by atoms with Crippen LogP contribution < -0.4 is 5.32 Å². The lowest BCUT2D eigenvalue weighted by molar-refractivity contribution is -0.121. The maximum Gasteiger partial charge on any atom is 0.227 e. The van der Waals surface area contributed by atoms with Gasteiger partial charge in [0.05, 0.1) is 0 Å². The molecule has 118 valence electrons. The maximum absolute atomic E-state index is 11.7. The van der Waals surface area contributed by atoms with Gasteiger partial charge in [-0.2, -0.15) is 4.98 Å².